The van der Waals surface area contributed by atoms with E-state index in [2.05, 4.69) is 84.2 Å². The van der Waals surface area contributed by atoms with E-state index in [4.69, 9.17) is 14.2 Å². The second-order valence-corrected chi connectivity index (χ2v) is 9.51. The molecule has 0 aromatic rings. The van der Waals surface area contributed by atoms with Gasteiger partial charge in [0.05, 0.1) is 83.2 Å². The molecule has 0 saturated carbocycles. The van der Waals surface area contributed by atoms with Crippen LogP contribution in [0.25, 0.3) is 0 Å². The van der Waals surface area contributed by atoms with Gasteiger partial charge in [-0.05, 0) is 20.8 Å². The number of hydrogen-bond donors (Lipinski definition) is 0. The third-order valence-corrected chi connectivity index (χ3v) is 4.50. The smallest absolute Gasteiger partial charge is 0.189 e. The van der Waals surface area contributed by atoms with Crippen molar-refractivity contribution < 1.29 is 78.6 Å². The molecule has 0 rings (SSSR count). The molecule has 0 aliphatic carbocycles. The summed E-state index contributed by atoms with van der Waals surface area (Å²) < 4.78 is 18.7. The van der Waals surface area contributed by atoms with Crippen LogP contribution in [0.4, 0.5) is 0 Å². The normalized spacial score (nSPS) is 14.1. The van der Waals surface area contributed by atoms with E-state index in [0.717, 1.165) is 33.3 Å². The summed E-state index contributed by atoms with van der Waals surface area (Å²) in [6.45, 7) is 14.7. The molecule has 0 bridgehead atoms. The van der Waals surface area contributed by atoms with Gasteiger partial charge in [-0.3, -0.25) is 0 Å². The lowest BCUT2D eigenvalue weighted by Gasteiger charge is -2.30. The van der Waals surface area contributed by atoms with Gasteiger partial charge in [0.2, 0.25) is 0 Å². The zero-order chi connectivity index (χ0) is 22.5. The molecule has 192 valence electrons. The minimum Gasteiger partial charge on any atom is -1.00 e. The molecule has 0 amide bonds. The maximum atomic E-state index is 5.38. The Bertz CT molecular complexity index is 293. The predicted molar refractivity (Wildman–Crippen MR) is 117 cm³/mol. The molecule has 3 unspecified atom stereocenters. The number of hydrogen-bond acceptors (Lipinski definition) is 3. The molecule has 0 saturated heterocycles. The second-order valence-electron chi connectivity index (χ2n) is 9.51. The fourth-order valence-electron chi connectivity index (χ4n) is 1.39. The summed E-state index contributed by atoms with van der Waals surface area (Å²) in [5.74, 6) is 0. The summed E-state index contributed by atoms with van der Waals surface area (Å²) in [4.78, 5) is 0. The fourth-order valence-corrected chi connectivity index (χ4v) is 1.39. The standard InChI is InChI=1S/3C7H18NO.3BrH/c3*1-6-9-7(2)8(3,4)5;;;/h3*7H,6H2,1-5H3;3*1H/q3*+1;;;/p-3. The molecule has 0 N–H and O–H groups in total. The lowest BCUT2D eigenvalue weighted by atomic mass is 10.5. The van der Waals surface area contributed by atoms with Crippen molar-refractivity contribution in [3.63, 3.8) is 0 Å². The van der Waals surface area contributed by atoms with Crippen molar-refractivity contribution in [1.82, 2.24) is 0 Å². The second kappa shape index (κ2) is 22.0. The van der Waals surface area contributed by atoms with Crippen LogP contribution in [0, 0.1) is 0 Å². The van der Waals surface area contributed by atoms with Gasteiger partial charge in [-0.15, -0.1) is 0 Å². The predicted octanol–water partition coefficient (Wildman–Crippen LogP) is -5.76. The zero-order valence-electron chi connectivity index (χ0n) is 22.6. The van der Waals surface area contributed by atoms with Gasteiger partial charge in [0.25, 0.3) is 0 Å². The number of quaternary nitrogens is 3. The van der Waals surface area contributed by atoms with Crippen LogP contribution in [0.1, 0.15) is 41.5 Å². The van der Waals surface area contributed by atoms with E-state index in [0.29, 0.717) is 18.7 Å². The van der Waals surface area contributed by atoms with Gasteiger partial charge in [-0.1, -0.05) is 0 Å². The lowest BCUT2D eigenvalue weighted by molar-refractivity contribution is -0.917. The Balaban J connectivity index is -0.0000000686. The monoisotopic (exact) mass is 633 g/mol. The molecule has 0 aliphatic rings. The molecule has 0 aliphatic heterocycles. The minimum absolute atomic E-state index is 0. The van der Waals surface area contributed by atoms with E-state index in [-0.39, 0.29) is 50.9 Å². The first-order valence-corrected chi connectivity index (χ1v) is 10.2. The first-order valence-electron chi connectivity index (χ1n) is 10.2. The molecule has 3 atom stereocenters. The minimum atomic E-state index is 0. The summed E-state index contributed by atoms with van der Waals surface area (Å²) in [6, 6.07) is 0. The number of nitrogens with zero attached hydrogens (tertiary/aromatic N) is 3. The fraction of sp³-hybridized carbons (Fsp3) is 1.00. The Morgan fingerprint density at radius 3 is 0.600 bits per heavy atom. The molecule has 0 spiro atoms. The Morgan fingerprint density at radius 1 is 0.433 bits per heavy atom. The molecule has 6 nitrogen and oxygen atoms in total. The van der Waals surface area contributed by atoms with Crippen LogP contribution in [0.2, 0.25) is 0 Å². The summed E-state index contributed by atoms with van der Waals surface area (Å²) in [7, 11) is 19.1. The highest BCUT2D eigenvalue weighted by molar-refractivity contribution is 4.28. The number of rotatable bonds is 9. The van der Waals surface area contributed by atoms with E-state index in [1.54, 1.807) is 0 Å². The lowest BCUT2D eigenvalue weighted by Crippen LogP contribution is -3.00. The van der Waals surface area contributed by atoms with E-state index >= 15 is 0 Å². The molecule has 30 heavy (non-hydrogen) atoms. The first kappa shape index (κ1) is 44.8. The van der Waals surface area contributed by atoms with Gasteiger partial charge in [0.1, 0.15) is 0 Å². The van der Waals surface area contributed by atoms with Crippen LogP contribution in [0.3, 0.4) is 0 Å². The van der Waals surface area contributed by atoms with Gasteiger partial charge in [0, 0.05) is 20.8 Å². The molecule has 0 radical (unpaired) electrons. The van der Waals surface area contributed by atoms with Crippen LogP contribution < -0.4 is 50.9 Å². The van der Waals surface area contributed by atoms with Gasteiger partial charge < -0.3 is 78.6 Å². The van der Waals surface area contributed by atoms with Crippen molar-refractivity contribution in [3.05, 3.63) is 0 Å². The van der Waals surface area contributed by atoms with Crippen molar-refractivity contribution >= 4 is 0 Å². The molecule has 9 heteroatoms. The molecule has 0 aromatic heterocycles. The van der Waals surface area contributed by atoms with Crippen LogP contribution in [-0.2, 0) is 14.2 Å². The average molecular weight is 636 g/mol. The molecular formula is C21H54Br3N3O3. The molecule has 0 heterocycles. The third kappa shape index (κ3) is 29.2. The SMILES string of the molecule is CCOC(C)[N+](C)(C)C.CCOC(C)[N+](C)(C)C.CCOC(C)[N+](C)(C)C.[Br-].[Br-].[Br-]. The highest BCUT2D eigenvalue weighted by atomic mass is 79.9. The van der Waals surface area contributed by atoms with Gasteiger partial charge in [-0.25, -0.2) is 0 Å². The van der Waals surface area contributed by atoms with Crippen LogP contribution in [0.5, 0.6) is 0 Å². The van der Waals surface area contributed by atoms with Gasteiger partial charge in [-0.2, -0.15) is 0 Å². The maximum absolute atomic E-state index is 5.38. The highest BCUT2D eigenvalue weighted by Crippen LogP contribution is 2.03. The number of ether oxygens (including phenoxy) is 3. The van der Waals surface area contributed by atoms with E-state index in [9.17, 15) is 0 Å². The first-order chi connectivity index (χ1) is 11.9. The largest absolute Gasteiger partial charge is 1.00 e. The topological polar surface area (TPSA) is 27.7 Å². The van der Waals surface area contributed by atoms with Crippen LogP contribution >= 0.6 is 0 Å². The zero-order valence-corrected chi connectivity index (χ0v) is 27.3. The molecule has 0 fully saturated rings. The maximum Gasteiger partial charge on any atom is 0.189 e. The summed E-state index contributed by atoms with van der Waals surface area (Å²) >= 11 is 0. The summed E-state index contributed by atoms with van der Waals surface area (Å²) in [5.41, 5.74) is 0. The Kier molecular flexibility index (Phi) is 32.9. The van der Waals surface area contributed by atoms with E-state index in [1.165, 1.54) is 0 Å². The van der Waals surface area contributed by atoms with Crippen molar-refractivity contribution in [2.75, 3.05) is 83.2 Å². The Hall–Kier alpha value is 1.20. The van der Waals surface area contributed by atoms with Crippen molar-refractivity contribution in [2.45, 2.75) is 60.2 Å². The van der Waals surface area contributed by atoms with Crippen molar-refractivity contribution in [1.29, 1.82) is 0 Å². The number of halogens is 3. The van der Waals surface area contributed by atoms with E-state index in [1.807, 2.05) is 20.8 Å². The molecule has 0 aromatic carbocycles. The van der Waals surface area contributed by atoms with Crippen molar-refractivity contribution in [2.24, 2.45) is 0 Å². The quantitative estimate of drug-likeness (QED) is 0.187. The van der Waals surface area contributed by atoms with Crippen LogP contribution in [-0.4, -0.2) is 115 Å². The average Bonchev–Trinajstić information content (AvgIpc) is 2.46. The Morgan fingerprint density at radius 2 is 0.567 bits per heavy atom. The third-order valence-electron chi connectivity index (χ3n) is 4.50. The van der Waals surface area contributed by atoms with Gasteiger partial charge in [0.15, 0.2) is 18.7 Å². The van der Waals surface area contributed by atoms with Crippen LogP contribution in [0.15, 0.2) is 0 Å². The Labute approximate surface area is 221 Å². The summed E-state index contributed by atoms with van der Waals surface area (Å²) in [6.07, 6.45) is 0.903. The van der Waals surface area contributed by atoms with E-state index < -0.39 is 0 Å². The summed E-state index contributed by atoms with van der Waals surface area (Å²) in [5, 5.41) is 0. The van der Waals surface area contributed by atoms with Gasteiger partial charge >= 0.3 is 0 Å². The molecular weight excluding hydrogens is 582 g/mol. The highest BCUT2D eigenvalue weighted by Gasteiger charge is 2.18. The van der Waals surface area contributed by atoms with Crippen molar-refractivity contribution in [3.8, 4) is 0 Å².